The Balaban J connectivity index is 1.86. The molecule has 7 heteroatoms. The summed E-state index contributed by atoms with van der Waals surface area (Å²) in [5.74, 6) is 1.47. The number of H-pyrrole nitrogens is 1. The van der Waals surface area contributed by atoms with Gasteiger partial charge in [0.2, 0.25) is 0 Å². The van der Waals surface area contributed by atoms with Crippen LogP contribution < -0.4 is 4.90 Å². The molecule has 22 heavy (non-hydrogen) atoms. The van der Waals surface area contributed by atoms with Crippen molar-refractivity contribution in [1.82, 2.24) is 15.0 Å². The maximum absolute atomic E-state index is 13.0. The van der Waals surface area contributed by atoms with E-state index in [4.69, 9.17) is 0 Å². The molecule has 0 unspecified atom stereocenters. The second kappa shape index (κ2) is 5.62. The molecule has 1 atom stereocenters. The van der Waals surface area contributed by atoms with Crippen LogP contribution in [0.2, 0.25) is 0 Å². The maximum Gasteiger partial charge on any atom is 0.416 e. The molecule has 0 amide bonds. The van der Waals surface area contributed by atoms with E-state index in [1.54, 1.807) is 19.3 Å². The average molecular weight is 310 g/mol. The van der Waals surface area contributed by atoms with Crippen molar-refractivity contribution in [2.75, 3.05) is 18.0 Å². The number of piperidine rings is 1. The third kappa shape index (κ3) is 3.08. The fourth-order valence-electron chi connectivity index (χ4n) is 2.89. The monoisotopic (exact) mass is 310 g/mol. The van der Waals surface area contributed by atoms with Gasteiger partial charge < -0.3 is 9.88 Å². The van der Waals surface area contributed by atoms with Crippen LogP contribution in [0.1, 0.15) is 35.8 Å². The van der Waals surface area contributed by atoms with E-state index in [0.29, 0.717) is 24.6 Å². The molecule has 0 radical (unpaired) electrons. The van der Waals surface area contributed by atoms with Crippen LogP contribution in [0.15, 0.2) is 24.5 Å². The SMILES string of the molecule is Cc1cc(C(F)(F)F)cc(N2CCC[C@H](c3ncc[nH]3)C2)n1. The van der Waals surface area contributed by atoms with E-state index in [9.17, 15) is 13.2 Å². The third-order valence-electron chi connectivity index (χ3n) is 3.92. The van der Waals surface area contributed by atoms with E-state index in [1.165, 1.54) is 0 Å². The first-order valence-corrected chi connectivity index (χ1v) is 7.23. The number of aromatic amines is 1. The second-order valence-electron chi connectivity index (χ2n) is 5.61. The summed E-state index contributed by atoms with van der Waals surface area (Å²) in [6, 6.07) is 2.22. The summed E-state index contributed by atoms with van der Waals surface area (Å²) in [5.41, 5.74) is -0.264. The lowest BCUT2D eigenvalue weighted by atomic mass is 9.97. The van der Waals surface area contributed by atoms with Gasteiger partial charge in [0.1, 0.15) is 11.6 Å². The molecule has 3 heterocycles. The second-order valence-corrected chi connectivity index (χ2v) is 5.61. The van der Waals surface area contributed by atoms with Gasteiger partial charge in [0, 0.05) is 37.1 Å². The molecule has 118 valence electrons. The standard InChI is InChI=1S/C15H17F3N4/c1-10-7-12(15(16,17)18)8-13(21-10)22-6-2-3-11(9-22)14-19-4-5-20-14/h4-5,7-8,11H,2-3,6,9H2,1H3,(H,19,20)/t11-/m0/s1. The summed E-state index contributed by atoms with van der Waals surface area (Å²) in [5, 5.41) is 0. The van der Waals surface area contributed by atoms with Gasteiger partial charge in [-0.25, -0.2) is 9.97 Å². The smallest absolute Gasteiger partial charge is 0.356 e. The lowest BCUT2D eigenvalue weighted by molar-refractivity contribution is -0.137. The zero-order chi connectivity index (χ0) is 15.7. The number of aryl methyl sites for hydroxylation is 1. The Bertz CT molecular complexity index is 637. The minimum Gasteiger partial charge on any atom is -0.356 e. The third-order valence-corrected chi connectivity index (χ3v) is 3.92. The van der Waals surface area contributed by atoms with Gasteiger partial charge in [-0.2, -0.15) is 13.2 Å². The fourth-order valence-corrected chi connectivity index (χ4v) is 2.89. The number of alkyl halides is 3. The predicted molar refractivity (Wildman–Crippen MR) is 76.8 cm³/mol. The average Bonchev–Trinajstić information content (AvgIpc) is 3.00. The fraction of sp³-hybridized carbons (Fsp3) is 0.467. The molecule has 1 aliphatic heterocycles. The van der Waals surface area contributed by atoms with E-state index in [1.807, 2.05) is 4.90 Å². The Morgan fingerprint density at radius 2 is 2.14 bits per heavy atom. The first-order valence-electron chi connectivity index (χ1n) is 7.23. The molecular weight excluding hydrogens is 293 g/mol. The first-order chi connectivity index (χ1) is 10.4. The van der Waals surface area contributed by atoms with Gasteiger partial charge in [-0.3, -0.25) is 0 Å². The number of halogens is 3. The van der Waals surface area contributed by atoms with Crippen LogP contribution in [0.25, 0.3) is 0 Å². The van der Waals surface area contributed by atoms with Crippen molar-refractivity contribution in [1.29, 1.82) is 0 Å². The van der Waals surface area contributed by atoms with Gasteiger partial charge in [-0.05, 0) is 31.9 Å². The van der Waals surface area contributed by atoms with Crippen molar-refractivity contribution in [3.8, 4) is 0 Å². The molecule has 2 aromatic heterocycles. The van der Waals surface area contributed by atoms with E-state index >= 15 is 0 Å². The summed E-state index contributed by atoms with van der Waals surface area (Å²) < 4.78 is 38.9. The summed E-state index contributed by atoms with van der Waals surface area (Å²) >= 11 is 0. The molecule has 3 rings (SSSR count). The number of anilines is 1. The molecular formula is C15H17F3N4. The highest BCUT2D eigenvalue weighted by Crippen LogP contribution is 2.33. The number of nitrogens with zero attached hydrogens (tertiary/aromatic N) is 3. The van der Waals surface area contributed by atoms with Crippen molar-refractivity contribution < 1.29 is 13.2 Å². The normalized spacial score (nSPS) is 19.5. The maximum atomic E-state index is 13.0. The van der Waals surface area contributed by atoms with Gasteiger partial charge in [-0.15, -0.1) is 0 Å². The van der Waals surface area contributed by atoms with Crippen LogP contribution in [0.4, 0.5) is 19.0 Å². The quantitative estimate of drug-likeness (QED) is 0.923. The Morgan fingerprint density at radius 1 is 1.32 bits per heavy atom. The van der Waals surface area contributed by atoms with Gasteiger partial charge in [0.15, 0.2) is 0 Å². The molecule has 0 saturated carbocycles. The first kappa shape index (κ1) is 14.9. The zero-order valence-corrected chi connectivity index (χ0v) is 12.2. The molecule has 2 aromatic rings. The van der Waals surface area contributed by atoms with Crippen LogP contribution in [-0.2, 0) is 6.18 Å². The van der Waals surface area contributed by atoms with E-state index in [-0.39, 0.29) is 5.92 Å². The number of imidazole rings is 1. The summed E-state index contributed by atoms with van der Waals surface area (Å²) in [6.07, 6.45) is 0.991. The number of hydrogen-bond acceptors (Lipinski definition) is 3. The number of aromatic nitrogens is 3. The summed E-state index contributed by atoms with van der Waals surface area (Å²) in [4.78, 5) is 13.5. The van der Waals surface area contributed by atoms with Gasteiger partial charge in [-0.1, -0.05) is 0 Å². The summed E-state index contributed by atoms with van der Waals surface area (Å²) in [6.45, 7) is 2.93. The molecule has 0 spiro atoms. The Labute approximate surface area is 126 Å². The van der Waals surface area contributed by atoms with Crippen LogP contribution >= 0.6 is 0 Å². The lowest BCUT2D eigenvalue weighted by Crippen LogP contribution is -2.35. The van der Waals surface area contributed by atoms with Crippen molar-refractivity contribution in [3.05, 3.63) is 41.6 Å². The Hall–Kier alpha value is -2.05. The van der Waals surface area contributed by atoms with Gasteiger partial charge in [0.25, 0.3) is 0 Å². The van der Waals surface area contributed by atoms with E-state index in [0.717, 1.165) is 30.8 Å². The highest BCUT2D eigenvalue weighted by atomic mass is 19.4. The minimum absolute atomic E-state index is 0.195. The molecule has 1 N–H and O–H groups in total. The molecule has 0 aromatic carbocycles. The van der Waals surface area contributed by atoms with Crippen molar-refractivity contribution in [3.63, 3.8) is 0 Å². The highest BCUT2D eigenvalue weighted by Gasteiger charge is 2.32. The van der Waals surface area contributed by atoms with Crippen LogP contribution in [0, 0.1) is 6.92 Å². The molecule has 4 nitrogen and oxygen atoms in total. The number of pyridine rings is 1. The number of nitrogens with one attached hydrogen (secondary N) is 1. The highest BCUT2D eigenvalue weighted by molar-refractivity contribution is 5.44. The largest absolute Gasteiger partial charge is 0.416 e. The van der Waals surface area contributed by atoms with Crippen LogP contribution in [0.5, 0.6) is 0 Å². The van der Waals surface area contributed by atoms with E-state index in [2.05, 4.69) is 15.0 Å². The van der Waals surface area contributed by atoms with Gasteiger partial charge >= 0.3 is 6.18 Å². The minimum atomic E-state index is -4.35. The summed E-state index contributed by atoms with van der Waals surface area (Å²) in [7, 11) is 0. The molecule has 0 aliphatic carbocycles. The Morgan fingerprint density at radius 3 is 2.82 bits per heavy atom. The topological polar surface area (TPSA) is 44.8 Å². The number of rotatable bonds is 2. The Kier molecular flexibility index (Phi) is 3.80. The lowest BCUT2D eigenvalue weighted by Gasteiger charge is -2.33. The van der Waals surface area contributed by atoms with Crippen LogP contribution in [-0.4, -0.2) is 28.0 Å². The number of hydrogen-bond donors (Lipinski definition) is 1. The van der Waals surface area contributed by atoms with Crippen molar-refractivity contribution >= 4 is 5.82 Å². The predicted octanol–water partition coefficient (Wildman–Crippen LogP) is 3.52. The van der Waals surface area contributed by atoms with Crippen molar-refractivity contribution in [2.24, 2.45) is 0 Å². The van der Waals surface area contributed by atoms with Gasteiger partial charge in [0.05, 0.1) is 5.56 Å². The molecule has 1 fully saturated rings. The molecule has 1 saturated heterocycles. The molecule has 1 aliphatic rings. The zero-order valence-electron chi connectivity index (χ0n) is 12.2. The van der Waals surface area contributed by atoms with Crippen molar-refractivity contribution in [2.45, 2.75) is 31.9 Å². The molecule has 0 bridgehead atoms. The van der Waals surface area contributed by atoms with Crippen LogP contribution in [0.3, 0.4) is 0 Å². The van der Waals surface area contributed by atoms with E-state index < -0.39 is 11.7 Å².